The van der Waals surface area contributed by atoms with Gasteiger partial charge >= 0.3 is 12.1 Å². The second-order valence-electron chi connectivity index (χ2n) is 8.16. The number of carbonyl (C=O) groups is 2. The molecule has 0 atom stereocenters. The van der Waals surface area contributed by atoms with Crippen LogP contribution in [0.15, 0.2) is 41.0 Å². The lowest BCUT2D eigenvalue weighted by molar-refractivity contribution is 0.0224. The van der Waals surface area contributed by atoms with Crippen LogP contribution < -0.4 is 5.32 Å². The Labute approximate surface area is 177 Å². The molecule has 2 aromatic rings. The number of fused-ring (bicyclic) bond motifs is 1. The second-order valence-corrected chi connectivity index (χ2v) is 8.16. The van der Waals surface area contributed by atoms with Gasteiger partial charge in [0.05, 0.1) is 19.4 Å². The Morgan fingerprint density at radius 2 is 2.10 bits per heavy atom. The fourth-order valence-electron chi connectivity index (χ4n) is 3.30. The lowest BCUT2D eigenvalue weighted by Crippen LogP contribution is -2.40. The third kappa shape index (κ3) is 5.35. The standard InChI is InChI=1S/C23H27N3O4/c1-5-12-25(16-18-9-7-14-29-18)21(27)24-20-10-6-8-17-15-26(13-11-19(17)20)22(28)30-23(2,3)4/h1,6-10,14H,11-13,15-16H2,2-4H3,(H,24,27). The third-order valence-electron chi connectivity index (χ3n) is 4.66. The van der Waals surface area contributed by atoms with Gasteiger partial charge in [-0.15, -0.1) is 6.42 Å². The van der Waals surface area contributed by atoms with Crippen molar-refractivity contribution in [3.63, 3.8) is 0 Å². The highest BCUT2D eigenvalue weighted by Gasteiger charge is 2.27. The number of rotatable bonds is 4. The van der Waals surface area contributed by atoms with Gasteiger partial charge in [-0.2, -0.15) is 0 Å². The number of benzene rings is 1. The summed E-state index contributed by atoms with van der Waals surface area (Å²) in [6.07, 6.45) is 7.29. The summed E-state index contributed by atoms with van der Waals surface area (Å²) in [5.41, 5.74) is 2.19. The van der Waals surface area contributed by atoms with Crippen LogP contribution in [0.25, 0.3) is 0 Å². The Bertz CT molecular complexity index is 938. The Hall–Kier alpha value is -3.40. The van der Waals surface area contributed by atoms with E-state index < -0.39 is 5.60 Å². The minimum Gasteiger partial charge on any atom is -0.467 e. The fourth-order valence-corrected chi connectivity index (χ4v) is 3.30. The fraction of sp³-hybridized carbons (Fsp3) is 0.391. The predicted molar refractivity (Wildman–Crippen MR) is 114 cm³/mol. The number of nitrogens with zero attached hydrogens (tertiary/aromatic N) is 2. The van der Waals surface area contributed by atoms with E-state index in [0.717, 1.165) is 16.8 Å². The van der Waals surface area contributed by atoms with E-state index in [0.29, 0.717) is 25.3 Å². The topological polar surface area (TPSA) is 75.0 Å². The van der Waals surface area contributed by atoms with Gasteiger partial charge in [-0.3, -0.25) is 0 Å². The number of nitrogens with one attached hydrogen (secondary N) is 1. The van der Waals surface area contributed by atoms with Gasteiger partial charge in [0.15, 0.2) is 0 Å². The molecule has 1 aromatic heterocycles. The number of amides is 3. The first-order valence-corrected chi connectivity index (χ1v) is 9.87. The van der Waals surface area contributed by atoms with Crippen molar-refractivity contribution in [3.8, 4) is 12.3 Å². The maximum atomic E-state index is 12.8. The molecule has 0 spiro atoms. The molecule has 3 rings (SSSR count). The first-order valence-electron chi connectivity index (χ1n) is 9.87. The number of hydrogen-bond donors (Lipinski definition) is 1. The van der Waals surface area contributed by atoms with Gasteiger partial charge in [0.2, 0.25) is 0 Å². The van der Waals surface area contributed by atoms with Gasteiger partial charge in [0.25, 0.3) is 0 Å². The van der Waals surface area contributed by atoms with Gasteiger partial charge in [-0.25, -0.2) is 9.59 Å². The van der Waals surface area contributed by atoms with Crippen LogP contribution in [-0.2, 0) is 24.2 Å². The van der Waals surface area contributed by atoms with Crippen molar-refractivity contribution in [3.05, 3.63) is 53.5 Å². The first kappa shape index (κ1) is 21.3. The molecule has 1 aliphatic rings. The van der Waals surface area contributed by atoms with Crippen molar-refractivity contribution in [2.24, 2.45) is 0 Å². The molecule has 30 heavy (non-hydrogen) atoms. The maximum absolute atomic E-state index is 12.8. The first-order chi connectivity index (χ1) is 14.3. The van der Waals surface area contributed by atoms with E-state index >= 15 is 0 Å². The Kier molecular flexibility index (Phi) is 6.36. The minimum absolute atomic E-state index is 0.161. The van der Waals surface area contributed by atoms with Crippen LogP contribution >= 0.6 is 0 Å². The number of hydrogen-bond acceptors (Lipinski definition) is 4. The number of terminal acetylenes is 1. The molecule has 1 aliphatic heterocycles. The van der Waals surface area contributed by atoms with Crippen molar-refractivity contribution < 1.29 is 18.7 Å². The monoisotopic (exact) mass is 409 g/mol. The molecule has 3 amide bonds. The Morgan fingerprint density at radius 1 is 1.30 bits per heavy atom. The molecule has 0 saturated carbocycles. The molecule has 0 bridgehead atoms. The van der Waals surface area contributed by atoms with Crippen LogP contribution in [0.1, 0.15) is 37.7 Å². The number of urea groups is 1. The zero-order valence-corrected chi connectivity index (χ0v) is 17.6. The largest absolute Gasteiger partial charge is 0.467 e. The van der Waals surface area contributed by atoms with E-state index in [1.807, 2.05) is 39.0 Å². The minimum atomic E-state index is -0.540. The normalized spacial score (nSPS) is 13.2. The average Bonchev–Trinajstić information content (AvgIpc) is 3.19. The third-order valence-corrected chi connectivity index (χ3v) is 4.66. The summed E-state index contributed by atoms with van der Waals surface area (Å²) in [6, 6.07) is 8.96. The van der Waals surface area contributed by atoms with Crippen molar-refractivity contribution in [2.45, 2.75) is 45.9 Å². The molecule has 7 heteroatoms. The summed E-state index contributed by atoms with van der Waals surface area (Å²) < 4.78 is 10.8. The number of anilines is 1. The molecule has 0 radical (unpaired) electrons. The van der Waals surface area contributed by atoms with Crippen LogP contribution in [0.5, 0.6) is 0 Å². The molecule has 158 valence electrons. The summed E-state index contributed by atoms with van der Waals surface area (Å²) in [6.45, 7) is 6.95. The molecule has 1 N–H and O–H groups in total. The van der Waals surface area contributed by atoms with Gasteiger partial charge in [0.1, 0.15) is 11.4 Å². The quantitative estimate of drug-likeness (QED) is 0.767. The van der Waals surface area contributed by atoms with Crippen LogP contribution in [0.2, 0.25) is 0 Å². The highest BCUT2D eigenvalue weighted by atomic mass is 16.6. The summed E-state index contributed by atoms with van der Waals surface area (Å²) in [5.74, 6) is 3.17. The van der Waals surface area contributed by atoms with Crippen LogP contribution in [0, 0.1) is 12.3 Å². The molecule has 2 heterocycles. The van der Waals surface area contributed by atoms with E-state index in [4.69, 9.17) is 15.6 Å². The highest BCUT2D eigenvalue weighted by Crippen LogP contribution is 2.27. The molecular formula is C23H27N3O4. The maximum Gasteiger partial charge on any atom is 0.410 e. The Morgan fingerprint density at radius 3 is 2.77 bits per heavy atom. The Balaban J connectivity index is 1.71. The molecule has 0 aliphatic carbocycles. The van der Waals surface area contributed by atoms with Crippen LogP contribution in [0.3, 0.4) is 0 Å². The van der Waals surface area contributed by atoms with Crippen LogP contribution in [-0.4, -0.2) is 40.6 Å². The smallest absolute Gasteiger partial charge is 0.410 e. The second kappa shape index (κ2) is 8.95. The van der Waals surface area contributed by atoms with E-state index in [2.05, 4.69) is 11.2 Å². The molecule has 1 aromatic carbocycles. The van der Waals surface area contributed by atoms with Crippen molar-refractivity contribution in [1.29, 1.82) is 0 Å². The lowest BCUT2D eigenvalue weighted by atomic mass is 9.98. The summed E-state index contributed by atoms with van der Waals surface area (Å²) in [5, 5.41) is 2.96. The molecule has 0 fully saturated rings. The average molecular weight is 409 g/mol. The predicted octanol–water partition coefficient (Wildman–Crippen LogP) is 4.24. The number of carbonyl (C=O) groups excluding carboxylic acids is 2. The van der Waals surface area contributed by atoms with E-state index in [-0.39, 0.29) is 25.2 Å². The zero-order valence-electron chi connectivity index (χ0n) is 17.6. The van der Waals surface area contributed by atoms with E-state index in [1.165, 1.54) is 4.90 Å². The van der Waals surface area contributed by atoms with Crippen LogP contribution in [0.4, 0.5) is 15.3 Å². The number of furan rings is 1. The van der Waals surface area contributed by atoms with Gasteiger partial charge in [0, 0.05) is 18.8 Å². The summed E-state index contributed by atoms with van der Waals surface area (Å²) >= 11 is 0. The molecule has 7 nitrogen and oxygen atoms in total. The molecular weight excluding hydrogens is 382 g/mol. The summed E-state index contributed by atoms with van der Waals surface area (Å²) in [4.78, 5) is 28.4. The number of ether oxygens (including phenoxy) is 1. The lowest BCUT2D eigenvalue weighted by Gasteiger charge is -2.32. The zero-order chi connectivity index (χ0) is 21.7. The highest BCUT2D eigenvalue weighted by molar-refractivity contribution is 5.90. The molecule has 0 saturated heterocycles. The van der Waals surface area contributed by atoms with E-state index in [9.17, 15) is 9.59 Å². The van der Waals surface area contributed by atoms with Crippen molar-refractivity contribution in [1.82, 2.24) is 9.80 Å². The van der Waals surface area contributed by atoms with Crippen molar-refractivity contribution in [2.75, 3.05) is 18.4 Å². The SMILES string of the molecule is C#CCN(Cc1ccco1)C(=O)Nc1cccc2c1CCN(C(=O)OC(C)(C)C)C2. The van der Waals surface area contributed by atoms with E-state index in [1.54, 1.807) is 23.3 Å². The molecule has 0 unspecified atom stereocenters. The van der Waals surface area contributed by atoms with Gasteiger partial charge in [-0.1, -0.05) is 18.1 Å². The van der Waals surface area contributed by atoms with Gasteiger partial charge < -0.3 is 24.3 Å². The van der Waals surface area contributed by atoms with Gasteiger partial charge in [-0.05, 0) is 56.5 Å². The van der Waals surface area contributed by atoms with Crippen molar-refractivity contribution >= 4 is 17.8 Å². The summed E-state index contributed by atoms with van der Waals surface area (Å²) in [7, 11) is 0.